The van der Waals surface area contributed by atoms with E-state index in [0.29, 0.717) is 31.0 Å². The Bertz CT molecular complexity index is 1500. The Morgan fingerprint density at radius 3 is 2.53 bits per heavy atom. The van der Waals surface area contributed by atoms with Crippen LogP contribution < -0.4 is 14.8 Å². The van der Waals surface area contributed by atoms with E-state index >= 15 is 0 Å². The molecule has 2 amide bonds. The number of anilines is 1. The maximum atomic E-state index is 13.9. The summed E-state index contributed by atoms with van der Waals surface area (Å²) >= 11 is 0.776. The lowest BCUT2D eigenvalue weighted by Crippen LogP contribution is -2.52. The van der Waals surface area contributed by atoms with Crippen molar-refractivity contribution < 1.29 is 24.2 Å². The lowest BCUT2D eigenvalue weighted by molar-refractivity contribution is -0.131. The monoisotopic (exact) mass is 558 g/mol. The second-order valence-electron chi connectivity index (χ2n) is 9.62. The molecule has 2 heterocycles. The number of fused-ring (bicyclic) bond motifs is 1. The number of hydrogen-bond acceptors (Lipinski definition) is 8. The van der Waals surface area contributed by atoms with Crippen molar-refractivity contribution in [3.05, 3.63) is 69.9 Å². The fourth-order valence-corrected chi connectivity index (χ4v) is 7.12. The predicted molar refractivity (Wildman–Crippen MR) is 149 cm³/mol. The molecule has 38 heavy (non-hydrogen) atoms. The number of aromatic nitrogens is 1. The van der Waals surface area contributed by atoms with Crippen molar-refractivity contribution >= 4 is 38.3 Å². The molecule has 0 radical (unpaired) electrons. The smallest absolute Gasteiger partial charge is 0.275 e. The summed E-state index contributed by atoms with van der Waals surface area (Å²) in [5, 5.41) is 2.60. The third kappa shape index (κ3) is 5.18. The quantitative estimate of drug-likeness (QED) is 0.421. The summed E-state index contributed by atoms with van der Waals surface area (Å²) in [6.45, 7) is 12.4. The number of amides is 2. The number of carbonyl (C=O) groups is 2. The molecule has 0 saturated carbocycles. The summed E-state index contributed by atoms with van der Waals surface area (Å²) in [4.78, 5) is 31.2. The van der Waals surface area contributed by atoms with Crippen LogP contribution in [0.1, 0.15) is 55.6 Å². The SMILES string of the molecule is CCOc1cccc2c1CN(Cc1c(C)cc(C)cc1C)C2(C)C(=O)NS(=O)(=O)c1cnc(NC(C)=O)s1.[HH]. The van der Waals surface area contributed by atoms with Gasteiger partial charge in [0.05, 0.1) is 12.8 Å². The van der Waals surface area contributed by atoms with E-state index in [-0.39, 0.29) is 16.7 Å². The first-order valence-electron chi connectivity index (χ1n) is 12.2. The highest BCUT2D eigenvalue weighted by Gasteiger charge is 2.49. The second kappa shape index (κ2) is 10.5. The minimum Gasteiger partial charge on any atom is -0.494 e. The van der Waals surface area contributed by atoms with Gasteiger partial charge in [0.25, 0.3) is 15.9 Å². The van der Waals surface area contributed by atoms with Crippen LogP contribution in [-0.4, -0.2) is 36.7 Å². The highest BCUT2D eigenvalue weighted by molar-refractivity contribution is 7.92. The maximum Gasteiger partial charge on any atom is 0.275 e. The Balaban J connectivity index is 0.00000420. The largest absolute Gasteiger partial charge is 0.494 e. The molecule has 9 nitrogen and oxygen atoms in total. The molecule has 3 aromatic rings. The number of ether oxygens (including phenoxy) is 1. The van der Waals surface area contributed by atoms with E-state index in [0.717, 1.165) is 45.4 Å². The van der Waals surface area contributed by atoms with E-state index in [1.807, 2.05) is 50.8 Å². The van der Waals surface area contributed by atoms with Crippen molar-refractivity contribution in [3.8, 4) is 5.75 Å². The van der Waals surface area contributed by atoms with Gasteiger partial charge in [0.15, 0.2) is 9.34 Å². The number of nitrogens with zero attached hydrogens (tertiary/aromatic N) is 2. The number of aryl methyl sites for hydroxylation is 3. The molecule has 4 rings (SSSR count). The molecule has 0 bridgehead atoms. The van der Waals surface area contributed by atoms with Gasteiger partial charge in [0, 0.05) is 27.0 Å². The highest BCUT2D eigenvalue weighted by atomic mass is 32.2. The lowest BCUT2D eigenvalue weighted by Gasteiger charge is -2.35. The molecule has 1 aliphatic heterocycles. The molecule has 1 unspecified atom stereocenters. The Hall–Kier alpha value is -3.28. The van der Waals surface area contributed by atoms with Gasteiger partial charge in [0.1, 0.15) is 11.3 Å². The molecular weight excluding hydrogens is 524 g/mol. The van der Waals surface area contributed by atoms with Crippen LogP contribution in [0.4, 0.5) is 5.13 Å². The normalized spacial score (nSPS) is 17.2. The highest BCUT2D eigenvalue weighted by Crippen LogP contribution is 2.44. The maximum absolute atomic E-state index is 13.9. The van der Waals surface area contributed by atoms with Crippen molar-refractivity contribution in [1.29, 1.82) is 0 Å². The Morgan fingerprint density at radius 2 is 1.89 bits per heavy atom. The molecule has 1 atom stereocenters. The Labute approximate surface area is 228 Å². The summed E-state index contributed by atoms with van der Waals surface area (Å²) in [5.74, 6) is -0.374. The molecule has 2 aromatic carbocycles. The van der Waals surface area contributed by atoms with Gasteiger partial charge in [0.2, 0.25) is 5.91 Å². The van der Waals surface area contributed by atoms with E-state index in [9.17, 15) is 18.0 Å². The molecule has 11 heteroatoms. The average molecular weight is 559 g/mol. The first-order valence-corrected chi connectivity index (χ1v) is 14.5. The van der Waals surface area contributed by atoms with E-state index in [2.05, 4.69) is 27.2 Å². The van der Waals surface area contributed by atoms with Gasteiger partial charge >= 0.3 is 0 Å². The number of thiazole rings is 1. The van der Waals surface area contributed by atoms with Crippen LogP contribution in [-0.2, 0) is 38.2 Å². The average Bonchev–Trinajstić information content (AvgIpc) is 3.40. The summed E-state index contributed by atoms with van der Waals surface area (Å²) in [7, 11) is -4.24. The van der Waals surface area contributed by atoms with E-state index in [1.54, 1.807) is 6.92 Å². The van der Waals surface area contributed by atoms with Gasteiger partial charge in [-0.2, -0.15) is 0 Å². The molecule has 2 N–H and O–H groups in total. The molecule has 0 spiro atoms. The number of benzene rings is 2. The zero-order valence-corrected chi connectivity index (χ0v) is 24.0. The summed E-state index contributed by atoms with van der Waals surface area (Å²) < 4.78 is 34.4. The molecule has 204 valence electrons. The van der Waals surface area contributed by atoms with Gasteiger partial charge in [-0.15, -0.1) is 0 Å². The first-order chi connectivity index (χ1) is 17.9. The van der Waals surface area contributed by atoms with Gasteiger partial charge in [-0.3, -0.25) is 14.5 Å². The van der Waals surface area contributed by atoms with Crippen LogP contribution in [0.2, 0.25) is 0 Å². The number of rotatable bonds is 8. The van der Waals surface area contributed by atoms with Crippen LogP contribution >= 0.6 is 11.3 Å². The number of carbonyl (C=O) groups excluding carboxylic acids is 2. The zero-order chi connectivity index (χ0) is 27.8. The summed E-state index contributed by atoms with van der Waals surface area (Å²) in [5.41, 5.74) is 4.71. The van der Waals surface area contributed by atoms with Crippen LogP contribution in [0.25, 0.3) is 0 Å². The van der Waals surface area contributed by atoms with Gasteiger partial charge in [-0.1, -0.05) is 41.2 Å². The molecule has 0 saturated heterocycles. The zero-order valence-electron chi connectivity index (χ0n) is 22.3. The number of sulfonamides is 1. The minimum atomic E-state index is -4.24. The molecule has 1 aliphatic rings. The lowest BCUT2D eigenvalue weighted by atomic mass is 9.89. The number of hydrogen-bond donors (Lipinski definition) is 2. The van der Waals surface area contributed by atoms with Crippen molar-refractivity contribution in [2.45, 2.75) is 64.4 Å². The van der Waals surface area contributed by atoms with Crippen LogP contribution in [0, 0.1) is 20.8 Å². The predicted octanol–water partition coefficient (Wildman–Crippen LogP) is 4.41. The Morgan fingerprint density at radius 1 is 1.21 bits per heavy atom. The van der Waals surface area contributed by atoms with Crippen molar-refractivity contribution in [1.82, 2.24) is 14.6 Å². The topological polar surface area (TPSA) is 118 Å². The van der Waals surface area contributed by atoms with Crippen LogP contribution in [0.5, 0.6) is 5.75 Å². The van der Waals surface area contributed by atoms with Crippen LogP contribution in [0.3, 0.4) is 0 Å². The molecule has 1 aromatic heterocycles. The van der Waals surface area contributed by atoms with Gasteiger partial charge in [-0.25, -0.2) is 18.1 Å². The molecular formula is C27H34N4O5S2. The van der Waals surface area contributed by atoms with E-state index in [1.165, 1.54) is 6.92 Å². The molecule has 0 aliphatic carbocycles. The third-order valence-corrected chi connectivity index (χ3v) is 9.53. The first kappa shape index (κ1) is 27.7. The van der Waals surface area contributed by atoms with Gasteiger partial charge in [-0.05, 0) is 62.9 Å². The summed E-state index contributed by atoms with van der Waals surface area (Å²) in [6, 6.07) is 9.74. The fourth-order valence-electron chi connectivity index (χ4n) is 4.99. The Kier molecular flexibility index (Phi) is 7.64. The second-order valence-corrected chi connectivity index (χ2v) is 12.6. The van der Waals surface area contributed by atoms with Crippen LogP contribution in [0.15, 0.2) is 40.7 Å². The van der Waals surface area contributed by atoms with Crippen molar-refractivity contribution in [2.24, 2.45) is 0 Å². The van der Waals surface area contributed by atoms with Crippen molar-refractivity contribution in [3.63, 3.8) is 0 Å². The van der Waals surface area contributed by atoms with E-state index < -0.39 is 21.5 Å². The van der Waals surface area contributed by atoms with Crippen molar-refractivity contribution in [2.75, 3.05) is 11.9 Å². The third-order valence-electron chi connectivity index (χ3n) is 6.83. The number of nitrogens with one attached hydrogen (secondary N) is 2. The minimum absolute atomic E-state index is 0. The summed E-state index contributed by atoms with van der Waals surface area (Å²) in [6.07, 6.45) is 1.13. The standard InChI is InChI=1S/C27H32N4O5S2.H2/c1-7-36-23-10-8-9-22-21(23)15-31(14-20-17(3)11-16(2)12-18(20)4)27(22,6)25(33)30-38(34,35)24-13-28-26(37-24)29-19(5)32;/h8-13H,7,14-15H2,1-6H3,(H,30,33)(H,28,29,32);1H. The molecule has 0 fully saturated rings. The van der Waals surface area contributed by atoms with E-state index in [4.69, 9.17) is 4.74 Å². The fraction of sp³-hybridized carbons (Fsp3) is 0.370. The van der Waals surface area contributed by atoms with Gasteiger partial charge < -0.3 is 10.1 Å².